The van der Waals surface area contributed by atoms with Gasteiger partial charge in [-0.2, -0.15) is 0 Å². The van der Waals surface area contributed by atoms with Gasteiger partial charge in [0.1, 0.15) is 0 Å². The number of anilines is 1. The molecule has 0 fully saturated rings. The van der Waals surface area contributed by atoms with Crippen molar-refractivity contribution in [3.63, 3.8) is 0 Å². The van der Waals surface area contributed by atoms with Crippen LogP contribution in [-0.2, 0) is 13.0 Å². The van der Waals surface area contributed by atoms with Gasteiger partial charge in [0.15, 0.2) is 11.5 Å². The molecule has 2 rings (SSSR count). The Balaban J connectivity index is 1.98. The van der Waals surface area contributed by atoms with Gasteiger partial charge in [0.05, 0.1) is 17.2 Å². The maximum Gasteiger partial charge on any atom is 0.274 e. The molecule has 2 heterocycles. The van der Waals surface area contributed by atoms with Crippen LogP contribution in [0.1, 0.15) is 28.1 Å². The number of nitrogens with zero attached hydrogens (tertiary/aromatic N) is 3. The summed E-state index contributed by atoms with van der Waals surface area (Å²) in [6.07, 6.45) is 3.78. The maximum atomic E-state index is 11.8. The van der Waals surface area contributed by atoms with Gasteiger partial charge in [0.25, 0.3) is 5.91 Å². The zero-order chi connectivity index (χ0) is 13.0. The van der Waals surface area contributed by atoms with Crippen LogP contribution in [0.4, 0.5) is 5.82 Å². The summed E-state index contributed by atoms with van der Waals surface area (Å²) in [6, 6.07) is 0. The molecule has 7 heteroatoms. The molecule has 0 aliphatic carbocycles. The Morgan fingerprint density at radius 2 is 2.22 bits per heavy atom. The van der Waals surface area contributed by atoms with Gasteiger partial charge >= 0.3 is 0 Å². The van der Waals surface area contributed by atoms with Gasteiger partial charge < -0.3 is 11.1 Å². The van der Waals surface area contributed by atoms with Gasteiger partial charge in [-0.25, -0.2) is 15.0 Å². The quantitative estimate of drug-likeness (QED) is 0.858. The fraction of sp³-hybridized carbons (Fsp3) is 0.273. The van der Waals surface area contributed by atoms with E-state index in [9.17, 15) is 4.79 Å². The first kappa shape index (κ1) is 12.4. The molecule has 94 valence electrons. The number of nitrogens with one attached hydrogen (secondary N) is 1. The van der Waals surface area contributed by atoms with E-state index in [0.717, 1.165) is 17.1 Å². The predicted octanol–water partition coefficient (Wildman–Crippen LogP) is 1.01. The van der Waals surface area contributed by atoms with Crippen LogP contribution in [0.5, 0.6) is 0 Å². The molecule has 6 nitrogen and oxygen atoms in total. The van der Waals surface area contributed by atoms with Gasteiger partial charge in [-0.3, -0.25) is 4.79 Å². The maximum absolute atomic E-state index is 11.8. The summed E-state index contributed by atoms with van der Waals surface area (Å²) in [5.41, 5.74) is 6.55. The molecule has 0 atom stereocenters. The van der Waals surface area contributed by atoms with Crippen molar-refractivity contribution in [1.29, 1.82) is 0 Å². The number of carbonyl (C=O) groups is 1. The molecule has 0 spiro atoms. The Morgan fingerprint density at radius 3 is 2.89 bits per heavy atom. The number of aromatic nitrogens is 3. The minimum atomic E-state index is -0.341. The lowest BCUT2D eigenvalue weighted by molar-refractivity contribution is 0.0946. The SMILES string of the molecule is CCc1nc(CNC(=O)c2nccnc2N)cs1. The van der Waals surface area contributed by atoms with Crippen molar-refractivity contribution >= 4 is 23.1 Å². The molecule has 2 aromatic heterocycles. The first-order valence-corrected chi connectivity index (χ1v) is 6.36. The summed E-state index contributed by atoms with van der Waals surface area (Å²) in [5.74, 6) is -0.214. The second-order valence-electron chi connectivity index (χ2n) is 3.56. The van der Waals surface area contributed by atoms with Crippen LogP contribution in [0.3, 0.4) is 0 Å². The zero-order valence-corrected chi connectivity index (χ0v) is 10.7. The second kappa shape index (κ2) is 5.54. The van der Waals surface area contributed by atoms with E-state index in [1.54, 1.807) is 11.3 Å². The third kappa shape index (κ3) is 2.80. The highest BCUT2D eigenvalue weighted by molar-refractivity contribution is 7.09. The van der Waals surface area contributed by atoms with E-state index < -0.39 is 0 Å². The monoisotopic (exact) mass is 263 g/mol. The molecule has 0 saturated heterocycles. The van der Waals surface area contributed by atoms with Crippen LogP contribution >= 0.6 is 11.3 Å². The van der Waals surface area contributed by atoms with Crippen molar-refractivity contribution in [2.45, 2.75) is 19.9 Å². The summed E-state index contributed by atoms with van der Waals surface area (Å²) in [5, 5.41) is 5.70. The Labute approximate surface area is 108 Å². The van der Waals surface area contributed by atoms with Gasteiger partial charge in [-0.15, -0.1) is 11.3 Å². The van der Waals surface area contributed by atoms with E-state index >= 15 is 0 Å². The molecule has 0 bridgehead atoms. The van der Waals surface area contributed by atoms with E-state index in [0.29, 0.717) is 6.54 Å². The third-order valence-electron chi connectivity index (χ3n) is 2.27. The Bertz CT molecular complexity index is 554. The first-order chi connectivity index (χ1) is 8.70. The van der Waals surface area contributed by atoms with Crippen molar-refractivity contribution in [3.8, 4) is 0 Å². The highest BCUT2D eigenvalue weighted by Crippen LogP contribution is 2.10. The van der Waals surface area contributed by atoms with E-state index in [-0.39, 0.29) is 17.4 Å². The van der Waals surface area contributed by atoms with Crippen LogP contribution in [0.25, 0.3) is 0 Å². The largest absolute Gasteiger partial charge is 0.382 e. The van der Waals surface area contributed by atoms with E-state index in [2.05, 4.69) is 20.3 Å². The summed E-state index contributed by atoms with van der Waals surface area (Å²) in [4.78, 5) is 23.9. The Morgan fingerprint density at radius 1 is 1.44 bits per heavy atom. The van der Waals surface area contributed by atoms with Crippen LogP contribution < -0.4 is 11.1 Å². The highest BCUT2D eigenvalue weighted by atomic mass is 32.1. The lowest BCUT2D eigenvalue weighted by atomic mass is 10.3. The number of thiazole rings is 1. The number of hydrogen-bond donors (Lipinski definition) is 2. The predicted molar refractivity (Wildman–Crippen MR) is 69.1 cm³/mol. The summed E-state index contributed by atoms with van der Waals surface area (Å²) < 4.78 is 0. The Hall–Kier alpha value is -2.02. The average Bonchev–Trinajstić information content (AvgIpc) is 2.84. The second-order valence-corrected chi connectivity index (χ2v) is 4.50. The third-order valence-corrected chi connectivity index (χ3v) is 3.32. The van der Waals surface area contributed by atoms with Gasteiger partial charge in [-0.05, 0) is 6.42 Å². The Kier molecular flexibility index (Phi) is 3.83. The number of hydrogen-bond acceptors (Lipinski definition) is 6. The number of amides is 1. The summed E-state index contributed by atoms with van der Waals surface area (Å²) in [6.45, 7) is 2.41. The van der Waals surface area contributed by atoms with Gasteiger partial charge in [-0.1, -0.05) is 6.92 Å². The molecule has 3 N–H and O–H groups in total. The summed E-state index contributed by atoms with van der Waals surface area (Å²) in [7, 11) is 0. The first-order valence-electron chi connectivity index (χ1n) is 5.48. The van der Waals surface area contributed by atoms with Gasteiger partial charge in [0, 0.05) is 17.8 Å². The minimum Gasteiger partial charge on any atom is -0.382 e. The lowest BCUT2D eigenvalue weighted by Crippen LogP contribution is -2.25. The van der Waals surface area contributed by atoms with Crippen LogP contribution in [0.15, 0.2) is 17.8 Å². The van der Waals surface area contributed by atoms with E-state index in [1.807, 2.05) is 12.3 Å². The molecule has 0 radical (unpaired) electrons. The number of nitrogen functional groups attached to an aromatic ring is 1. The van der Waals surface area contributed by atoms with Crippen molar-refractivity contribution < 1.29 is 4.79 Å². The number of rotatable bonds is 4. The molecule has 0 unspecified atom stereocenters. The van der Waals surface area contributed by atoms with Crippen LogP contribution in [0.2, 0.25) is 0 Å². The molecule has 0 aromatic carbocycles. The number of nitrogens with two attached hydrogens (primary N) is 1. The van der Waals surface area contributed by atoms with E-state index in [1.165, 1.54) is 12.4 Å². The topological polar surface area (TPSA) is 93.8 Å². The smallest absolute Gasteiger partial charge is 0.274 e. The molecular weight excluding hydrogens is 250 g/mol. The van der Waals surface area contributed by atoms with E-state index in [4.69, 9.17) is 5.73 Å². The molecule has 18 heavy (non-hydrogen) atoms. The molecule has 2 aromatic rings. The average molecular weight is 263 g/mol. The van der Waals surface area contributed by atoms with Crippen LogP contribution in [0, 0.1) is 0 Å². The molecule has 0 aliphatic heterocycles. The molecule has 0 saturated carbocycles. The van der Waals surface area contributed by atoms with Crippen molar-refractivity contribution in [2.24, 2.45) is 0 Å². The standard InChI is InChI=1S/C11H13N5OS/c1-2-8-16-7(6-18-8)5-15-11(17)9-10(12)14-4-3-13-9/h3-4,6H,2,5H2,1H3,(H2,12,14)(H,15,17). The summed E-state index contributed by atoms with van der Waals surface area (Å²) >= 11 is 1.59. The minimum absolute atomic E-state index is 0.127. The molecular formula is C11H13N5OS. The van der Waals surface area contributed by atoms with Crippen LogP contribution in [-0.4, -0.2) is 20.9 Å². The fourth-order valence-corrected chi connectivity index (χ4v) is 2.12. The lowest BCUT2D eigenvalue weighted by Gasteiger charge is -2.03. The van der Waals surface area contributed by atoms with Crippen molar-refractivity contribution in [2.75, 3.05) is 5.73 Å². The zero-order valence-electron chi connectivity index (χ0n) is 9.88. The molecule has 1 amide bonds. The number of carbonyl (C=O) groups excluding carboxylic acids is 1. The van der Waals surface area contributed by atoms with Gasteiger partial charge in [0.2, 0.25) is 0 Å². The highest BCUT2D eigenvalue weighted by Gasteiger charge is 2.11. The normalized spacial score (nSPS) is 10.3. The van der Waals surface area contributed by atoms with Crippen molar-refractivity contribution in [3.05, 3.63) is 34.2 Å². The number of aryl methyl sites for hydroxylation is 1. The molecule has 0 aliphatic rings. The fourth-order valence-electron chi connectivity index (χ4n) is 1.37. The van der Waals surface area contributed by atoms with Crippen molar-refractivity contribution in [1.82, 2.24) is 20.3 Å².